The van der Waals surface area contributed by atoms with E-state index in [0.717, 1.165) is 16.9 Å². The number of nitrogens with one attached hydrogen (secondary N) is 1. The standard InChI is InChI=1S/C26H25NO4S/c28-26(27-12-6-5-7-18-15-24(32-17-18)25-29-13-14-30-25)31-16-23-21-10-3-1-8-19(21)20-9-2-4-11-22(20)23/h1-5,7-11,15,17,23,25H,6,12-14,16H2,(H,27,28). The summed E-state index contributed by atoms with van der Waals surface area (Å²) < 4.78 is 16.6. The van der Waals surface area contributed by atoms with Crippen molar-refractivity contribution in [1.29, 1.82) is 0 Å². The summed E-state index contributed by atoms with van der Waals surface area (Å²) in [5, 5.41) is 4.92. The fraction of sp³-hybridized carbons (Fsp3) is 0.269. The second-order valence-corrected chi connectivity index (χ2v) is 8.74. The number of carbonyl (C=O) groups excluding carboxylic acids is 1. The van der Waals surface area contributed by atoms with E-state index in [9.17, 15) is 4.79 Å². The third-order valence-corrected chi connectivity index (χ3v) is 6.70. The highest BCUT2D eigenvalue weighted by atomic mass is 32.1. The van der Waals surface area contributed by atoms with Gasteiger partial charge in [-0.15, -0.1) is 11.3 Å². The Bertz CT molecular complexity index is 1070. The molecule has 0 spiro atoms. The zero-order valence-electron chi connectivity index (χ0n) is 17.7. The van der Waals surface area contributed by atoms with Crippen molar-refractivity contribution < 1.29 is 19.0 Å². The van der Waals surface area contributed by atoms with Crippen LogP contribution in [0.3, 0.4) is 0 Å². The minimum Gasteiger partial charge on any atom is -0.449 e. The van der Waals surface area contributed by atoms with Crippen molar-refractivity contribution in [3.05, 3.63) is 87.6 Å². The first-order chi connectivity index (χ1) is 15.8. The molecule has 1 N–H and O–H groups in total. The Hall–Kier alpha value is -2.93. The second-order valence-electron chi connectivity index (χ2n) is 7.80. The van der Waals surface area contributed by atoms with Crippen molar-refractivity contribution in [2.75, 3.05) is 26.4 Å². The number of ether oxygens (including phenoxy) is 3. The lowest BCUT2D eigenvalue weighted by molar-refractivity contribution is -0.0413. The third kappa shape index (κ3) is 4.48. The predicted octanol–water partition coefficient (Wildman–Crippen LogP) is 5.74. The molecule has 0 atom stereocenters. The number of carbonyl (C=O) groups is 1. The lowest BCUT2D eigenvalue weighted by Crippen LogP contribution is -2.26. The summed E-state index contributed by atoms with van der Waals surface area (Å²) >= 11 is 1.63. The number of benzene rings is 2. The molecule has 32 heavy (non-hydrogen) atoms. The summed E-state index contributed by atoms with van der Waals surface area (Å²) in [7, 11) is 0. The first-order valence-corrected chi connectivity index (χ1v) is 11.7. The van der Waals surface area contributed by atoms with Crippen LogP contribution >= 0.6 is 11.3 Å². The van der Waals surface area contributed by atoms with E-state index in [2.05, 4.69) is 41.0 Å². The first-order valence-electron chi connectivity index (χ1n) is 10.9. The molecule has 3 aromatic rings. The molecule has 0 saturated carbocycles. The molecule has 1 aliphatic carbocycles. The Labute approximate surface area is 191 Å². The summed E-state index contributed by atoms with van der Waals surface area (Å²) in [6.07, 6.45) is 4.22. The van der Waals surface area contributed by atoms with Crippen molar-refractivity contribution in [3.63, 3.8) is 0 Å². The Morgan fingerprint density at radius 3 is 2.47 bits per heavy atom. The van der Waals surface area contributed by atoms with Gasteiger partial charge in [0.05, 0.1) is 18.1 Å². The molecular weight excluding hydrogens is 422 g/mol. The van der Waals surface area contributed by atoms with Gasteiger partial charge in [-0.3, -0.25) is 0 Å². The van der Waals surface area contributed by atoms with Crippen LogP contribution in [0.25, 0.3) is 17.2 Å². The van der Waals surface area contributed by atoms with Gasteiger partial charge in [-0.25, -0.2) is 4.79 Å². The summed E-state index contributed by atoms with van der Waals surface area (Å²) in [5.74, 6) is 0.0775. The number of thiophene rings is 1. The molecule has 1 amide bonds. The van der Waals surface area contributed by atoms with E-state index >= 15 is 0 Å². The molecule has 1 fully saturated rings. The van der Waals surface area contributed by atoms with Crippen LogP contribution in [0.2, 0.25) is 0 Å². The Balaban J connectivity index is 1.08. The van der Waals surface area contributed by atoms with Crippen LogP contribution in [-0.4, -0.2) is 32.5 Å². The third-order valence-electron chi connectivity index (χ3n) is 5.73. The highest BCUT2D eigenvalue weighted by Gasteiger charge is 2.28. The molecule has 1 saturated heterocycles. The maximum atomic E-state index is 12.2. The van der Waals surface area contributed by atoms with Crippen LogP contribution in [-0.2, 0) is 14.2 Å². The van der Waals surface area contributed by atoms with E-state index in [0.29, 0.717) is 26.4 Å². The molecule has 1 aliphatic heterocycles. The fourth-order valence-electron chi connectivity index (χ4n) is 4.23. The number of fused-ring (bicyclic) bond motifs is 3. The fourth-order valence-corrected chi connectivity index (χ4v) is 5.10. The number of hydrogen-bond acceptors (Lipinski definition) is 5. The van der Waals surface area contributed by atoms with Crippen molar-refractivity contribution in [3.8, 4) is 11.1 Å². The van der Waals surface area contributed by atoms with Gasteiger partial charge in [-0.1, -0.05) is 60.7 Å². The molecule has 6 heteroatoms. The van der Waals surface area contributed by atoms with Gasteiger partial charge < -0.3 is 19.5 Å². The van der Waals surface area contributed by atoms with Gasteiger partial charge in [-0.05, 0) is 45.7 Å². The minimum atomic E-state index is -0.381. The molecule has 5 nitrogen and oxygen atoms in total. The number of rotatable bonds is 7. The molecule has 2 aromatic carbocycles. The molecule has 2 heterocycles. The molecule has 0 unspecified atom stereocenters. The van der Waals surface area contributed by atoms with E-state index in [-0.39, 0.29) is 18.3 Å². The number of amides is 1. The van der Waals surface area contributed by atoms with Crippen molar-refractivity contribution in [1.82, 2.24) is 5.32 Å². The quantitative estimate of drug-likeness (QED) is 0.470. The minimum absolute atomic E-state index is 0.0775. The number of alkyl carbamates (subject to hydrolysis) is 1. The predicted molar refractivity (Wildman–Crippen MR) is 126 cm³/mol. The second kappa shape index (κ2) is 9.69. The van der Waals surface area contributed by atoms with E-state index < -0.39 is 0 Å². The smallest absolute Gasteiger partial charge is 0.407 e. The summed E-state index contributed by atoms with van der Waals surface area (Å²) in [4.78, 5) is 13.3. The van der Waals surface area contributed by atoms with Crippen LogP contribution in [0.1, 0.15) is 40.2 Å². The average Bonchev–Trinajstić information content (AvgIpc) is 3.57. The van der Waals surface area contributed by atoms with Gasteiger partial charge in [-0.2, -0.15) is 0 Å². The normalized spacial score (nSPS) is 15.8. The largest absolute Gasteiger partial charge is 0.449 e. The molecule has 0 radical (unpaired) electrons. The molecule has 2 aliphatic rings. The number of hydrogen-bond donors (Lipinski definition) is 1. The monoisotopic (exact) mass is 447 g/mol. The molecule has 0 bridgehead atoms. The van der Waals surface area contributed by atoms with Gasteiger partial charge in [0.15, 0.2) is 6.29 Å². The van der Waals surface area contributed by atoms with Crippen LogP contribution in [0.15, 0.2) is 66.1 Å². The Morgan fingerprint density at radius 2 is 1.75 bits per heavy atom. The Morgan fingerprint density at radius 1 is 1.06 bits per heavy atom. The molecule has 1 aromatic heterocycles. The summed E-state index contributed by atoms with van der Waals surface area (Å²) in [6.45, 7) is 2.16. The molecule has 164 valence electrons. The maximum Gasteiger partial charge on any atom is 0.407 e. The first kappa shape index (κ1) is 20.9. The van der Waals surface area contributed by atoms with Gasteiger partial charge in [0.25, 0.3) is 0 Å². The van der Waals surface area contributed by atoms with Crippen molar-refractivity contribution in [2.45, 2.75) is 18.6 Å². The molecule has 5 rings (SSSR count). The SMILES string of the molecule is O=C(NCCC=Cc1csc(C2OCCO2)c1)OCC1c2ccccc2-c2ccccc21. The van der Waals surface area contributed by atoms with Crippen LogP contribution in [0.5, 0.6) is 0 Å². The van der Waals surface area contributed by atoms with Crippen LogP contribution in [0.4, 0.5) is 4.79 Å². The maximum absolute atomic E-state index is 12.2. The van der Waals surface area contributed by atoms with E-state index in [1.807, 2.05) is 36.4 Å². The lowest BCUT2D eigenvalue weighted by Gasteiger charge is -2.14. The van der Waals surface area contributed by atoms with Gasteiger partial charge in [0.1, 0.15) is 6.61 Å². The topological polar surface area (TPSA) is 56.8 Å². The summed E-state index contributed by atoms with van der Waals surface area (Å²) in [6, 6.07) is 18.7. The highest BCUT2D eigenvalue weighted by molar-refractivity contribution is 7.10. The Kier molecular flexibility index (Phi) is 6.34. The van der Waals surface area contributed by atoms with E-state index in [4.69, 9.17) is 14.2 Å². The molecular formula is C26H25NO4S. The average molecular weight is 448 g/mol. The van der Waals surface area contributed by atoms with Crippen molar-refractivity contribution >= 4 is 23.5 Å². The van der Waals surface area contributed by atoms with Gasteiger partial charge >= 0.3 is 6.09 Å². The summed E-state index contributed by atoms with van der Waals surface area (Å²) in [5.41, 5.74) is 6.00. The van der Waals surface area contributed by atoms with Crippen LogP contribution in [0, 0.1) is 0 Å². The van der Waals surface area contributed by atoms with E-state index in [1.165, 1.54) is 22.3 Å². The van der Waals surface area contributed by atoms with Crippen molar-refractivity contribution in [2.24, 2.45) is 0 Å². The lowest BCUT2D eigenvalue weighted by atomic mass is 9.98. The zero-order valence-corrected chi connectivity index (χ0v) is 18.5. The zero-order chi connectivity index (χ0) is 21.8. The van der Waals surface area contributed by atoms with Gasteiger partial charge in [0, 0.05) is 12.5 Å². The van der Waals surface area contributed by atoms with Gasteiger partial charge in [0.2, 0.25) is 0 Å². The van der Waals surface area contributed by atoms with E-state index in [1.54, 1.807) is 11.3 Å². The van der Waals surface area contributed by atoms with Crippen LogP contribution < -0.4 is 5.32 Å². The highest BCUT2D eigenvalue weighted by Crippen LogP contribution is 2.44.